The first-order chi connectivity index (χ1) is 12.5. The van der Waals surface area contributed by atoms with Gasteiger partial charge in [-0.25, -0.2) is 0 Å². The van der Waals surface area contributed by atoms with Crippen molar-refractivity contribution in [1.82, 2.24) is 15.2 Å². The van der Waals surface area contributed by atoms with E-state index in [4.69, 9.17) is 0 Å². The molecule has 1 aliphatic carbocycles. The average molecular weight is 357 g/mol. The van der Waals surface area contributed by atoms with Crippen LogP contribution >= 0.6 is 0 Å². The van der Waals surface area contributed by atoms with Crippen LogP contribution in [0.2, 0.25) is 0 Å². The quantitative estimate of drug-likeness (QED) is 0.869. The van der Waals surface area contributed by atoms with Gasteiger partial charge in [0, 0.05) is 36.1 Å². The van der Waals surface area contributed by atoms with Crippen LogP contribution in [-0.2, 0) is 10.4 Å². The number of hydrogen-bond acceptors (Lipinski definition) is 4. The zero-order valence-corrected chi connectivity index (χ0v) is 15.7. The fourth-order valence-electron chi connectivity index (χ4n) is 5.29. The maximum Gasteiger partial charge on any atom is 0.234 e. The van der Waals surface area contributed by atoms with Crippen molar-refractivity contribution in [1.29, 1.82) is 0 Å². The molecule has 5 heteroatoms. The summed E-state index contributed by atoms with van der Waals surface area (Å²) >= 11 is 0. The minimum atomic E-state index is -0.799. The van der Waals surface area contributed by atoms with Gasteiger partial charge in [-0.15, -0.1) is 0 Å². The van der Waals surface area contributed by atoms with E-state index in [0.29, 0.717) is 25.4 Å². The van der Waals surface area contributed by atoms with E-state index < -0.39 is 5.60 Å². The van der Waals surface area contributed by atoms with Crippen LogP contribution in [0.3, 0.4) is 0 Å². The molecule has 3 aliphatic rings. The number of aromatic nitrogens is 1. The van der Waals surface area contributed by atoms with E-state index in [9.17, 15) is 9.90 Å². The third-order valence-electron chi connectivity index (χ3n) is 6.82. The monoisotopic (exact) mass is 357 g/mol. The van der Waals surface area contributed by atoms with Gasteiger partial charge in [-0.3, -0.25) is 14.7 Å². The molecule has 3 atom stereocenters. The number of rotatable bonds is 4. The third kappa shape index (κ3) is 3.65. The molecule has 1 aromatic rings. The van der Waals surface area contributed by atoms with E-state index in [2.05, 4.69) is 22.1 Å². The lowest BCUT2D eigenvalue weighted by Gasteiger charge is -2.43. The number of carbonyl (C=O) groups excluding carboxylic acids is 1. The number of hydrogen-bond donors (Lipinski definition) is 2. The molecule has 5 nitrogen and oxygen atoms in total. The number of carbonyl (C=O) groups is 1. The van der Waals surface area contributed by atoms with Crippen LogP contribution in [0.1, 0.15) is 63.9 Å². The minimum absolute atomic E-state index is 0.160. The fraction of sp³-hybridized carbons (Fsp3) is 0.714. The van der Waals surface area contributed by atoms with Gasteiger partial charge in [-0.2, -0.15) is 0 Å². The summed E-state index contributed by atoms with van der Waals surface area (Å²) in [7, 11) is 0. The van der Waals surface area contributed by atoms with Gasteiger partial charge in [-0.05, 0) is 63.4 Å². The zero-order chi connectivity index (χ0) is 18.1. The molecule has 0 aromatic carbocycles. The van der Waals surface area contributed by atoms with Gasteiger partial charge in [0.1, 0.15) is 0 Å². The molecule has 1 unspecified atom stereocenters. The molecule has 1 aromatic heterocycles. The summed E-state index contributed by atoms with van der Waals surface area (Å²) in [6.45, 7) is 2.78. The molecule has 3 heterocycles. The van der Waals surface area contributed by atoms with E-state index in [1.165, 1.54) is 12.8 Å². The predicted octanol–water partition coefficient (Wildman–Crippen LogP) is 2.59. The van der Waals surface area contributed by atoms with Crippen molar-refractivity contribution in [2.45, 2.75) is 82.0 Å². The van der Waals surface area contributed by atoms with Gasteiger partial charge in [0.15, 0.2) is 0 Å². The Morgan fingerprint density at radius 2 is 1.92 bits per heavy atom. The second kappa shape index (κ2) is 7.28. The van der Waals surface area contributed by atoms with Gasteiger partial charge < -0.3 is 10.4 Å². The van der Waals surface area contributed by atoms with Gasteiger partial charge in [-0.1, -0.05) is 13.0 Å². The SMILES string of the molecule is CC1CCC(NC(=O)CN2[C@@H]3CC[C@H]2CC(O)(c2cccnc2)C3)CC1. The van der Waals surface area contributed by atoms with Crippen LogP contribution in [0, 0.1) is 5.92 Å². The highest BCUT2D eigenvalue weighted by molar-refractivity contribution is 5.78. The van der Waals surface area contributed by atoms with E-state index in [1.54, 1.807) is 12.4 Å². The summed E-state index contributed by atoms with van der Waals surface area (Å²) in [6, 6.07) is 4.79. The van der Waals surface area contributed by atoms with E-state index in [0.717, 1.165) is 37.2 Å². The van der Waals surface area contributed by atoms with Crippen molar-refractivity contribution < 1.29 is 9.90 Å². The summed E-state index contributed by atoms with van der Waals surface area (Å²) in [6.07, 6.45) is 11.7. The van der Waals surface area contributed by atoms with Crippen LogP contribution < -0.4 is 5.32 Å². The number of pyridine rings is 1. The summed E-state index contributed by atoms with van der Waals surface area (Å²) in [5.41, 5.74) is 0.115. The van der Waals surface area contributed by atoms with Crippen molar-refractivity contribution in [3.05, 3.63) is 30.1 Å². The van der Waals surface area contributed by atoms with Crippen molar-refractivity contribution in [2.75, 3.05) is 6.54 Å². The Balaban J connectivity index is 1.36. The van der Waals surface area contributed by atoms with Crippen molar-refractivity contribution in [3.8, 4) is 0 Å². The van der Waals surface area contributed by atoms with Crippen LogP contribution in [0.15, 0.2) is 24.5 Å². The molecule has 1 saturated carbocycles. The Morgan fingerprint density at radius 1 is 1.23 bits per heavy atom. The van der Waals surface area contributed by atoms with Gasteiger partial charge in [0.25, 0.3) is 0 Å². The van der Waals surface area contributed by atoms with Crippen LogP contribution in [0.4, 0.5) is 0 Å². The highest BCUT2D eigenvalue weighted by Crippen LogP contribution is 2.45. The number of piperidine rings is 1. The predicted molar refractivity (Wildman–Crippen MR) is 100 cm³/mol. The van der Waals surface area contributed by atoms with Crippen molar-refractivity contribution >= 4 is 5.91 Å². The number of fused-ring (bicyclic) bond motifs is 2. The summed E-state index contributed by atoms with van der Waals surface area (Å²) in [4.78, 5) is 19.1. The Bertz CT molecular complexity index is 613. The second-order valence-electron chi connectivity index (χ2n) is 8.76. The second-order valence-corrected chi connectivity index (χ2v) is 8.76. The lowest BCUT2D eigenvalue weighted by molar-refractivity contribution is -0.126. The Hall–Kier alpha value is -1.46. The number of amides is 1. The largest absolute Gasteiger partial charge is 0.385 e. The smallest absolute Gasteiger partial charge is 0.234 e. The molecule has 142 valence electrons. The van der Waals surface area contributed by atoms with E-state index >= 15 is 0 Å². The van der Waals surface area contributed by atoms with Crippen LogP contribution in [0.5, 0.6) is 0 Å². The number of nitrogens with one attached hydrogen (secondary N) is 1. The molecular formula is C21H31N3O2. The number of aliphatic hydroxyl groups is 1. The first-order valence-electron chi connectivity index (χ1n) is 10.2. The third-order valence-corrected chi connectivity index (χ3v) is 6.82. The molecule has 1 amide bonds. The average Bonchev–Trinajstić information content (AvgIpc) is 2.88. The standard InChI is InChI=1S/C21H31N3O2/c1-15-4-6-17(7-5-15)23-20(25)14-24-18-8-9-19(24)12-21(26,11-18)16-3-2-10-22-13-16/h2-3,10,13,15,17-19,26H,4-9,11-12,14H2,1H3,(H,23,25)/t15?,17?,18-,19+,21?. The molecule has 0 spiro atoms. The summed E-state index contributed by atoms with van der Waals surface area (Å²) in [5.74, 6) is 0.958. The molecule has 0 radical (unpaired) electrons. The zero-order valence-electron chi connectivity index (χ0n) is 15.7. The Morgan fingerprint density at radius 3 is 2.54 bits per heavy atom. The fourth-order valence-corrected chi connectivity index (χ4v) is 5.29. The van der Waals surface area contributed by atoms with Crippen molar-refractivity contribution in [2.24, 2.45) is 5.92 Å². The normalized spacial score (nSPS) is 37.5. The summed E-state index contributed by atoms with van der Waals surface area (Å²) < 4.78 is 0. The summed E-state index contributed by atoms with van der Waals surface area (Å²) in [5, 5.41) is 14.4. The molecule has 3 fully saturated rings. The molecule has 2 aliphatic heterocycles. The van der Waals surface area contributed by atoms with Crippen LogP contribution in [0.25, 0.3) is 0 Å². The first kappa shape index (κ1) is 17.9. The van der Waals surface area contributed by atoms with Gasteiger partial charge in [0.05, 0.1) is 12.1 Å². The van der Waals surface area contributed by atoms with Gasteiger partial charge in [0.2, 0.25) is 5.91 Å². The molecule has 2 N–H and O–H groups in total. The lowest BCUT2D eigenvalue weighted by Crippen LogP contribution is -2.53. The van der Waals surface area contributed by atoms with Crippen molar-refractivity contribution in [3.63, 3.8) is 0 Å². The Kier molecular flexibility index (Phi) is 5.02. The maximum atomic E-state index is 12.6. The highest BCUT2D eigenvalue weighted by Gasteiger charge is 2.48. The van der Waals surface area contributed by atoms with E-state index in [-0.39, 0.29) is 18.0 Å². The molecule has 4 rings (SSSR count). The molecule has 2 bridgehead atoms. The molecular weight excluding hydrogens is 326 g/mol. The topological polar surface area (TPSA) is 65.5 Å². The van der Waals surface area contributed by atoms with Crippen LogP contribution in [-0.4, -0.2) is 45.6 Å². The number of nitrogens with zero attached hydrogens (tertiary/aromatic N) is 2. The lowest BCUT2D eigenvalue weighted by atomic mass is 9.81. The minimum Gasteiger partial charge on any atom is -0.385 e. The molecule has 26 heavy (non-hydrogen) atoms. The first-order valence-corrected chi connectivity index (χ1v) is 10.2. The van der Waals surface area contributed by atoms with Gasteiger partial charge >= 0.3 is 0 Å². The maximum absolute atomic E-state index is 12.6. The molecule has 2 saturated heterocycles. The Labute approximate surface area is 156 Å². The van der Waals surface area contributed by atoms with E-state index in [1.807, 2.05) is 12.1 Å². The highest BCUT2D eigenvalue weighted by atomic mass is 16.3.